The van der Waals surface area contributed by atoms with Crippen LogP contribution in [0.15, 0.2) is 24.3 Å². The monoisotopic (exact) mass is 327 g/mol. The quantitative estimate of drug-likeness (QED) is 0.680. The van der Waals surface area contributed by atoms with Crippen LogP contribution in [-0.2, 0) is 11.3 Å². The van der Waals surface area contributed by atoms with Crippen molar-refractivity contribution in [2.45, 2.75) is 32.4 Å². The highest BCUT2D eigenvalue weighted by atomic mass is 35.5. The number of nitrogens with zero attached hydrogens (tertiary/aromatic N) is 2. The fourth-order valence-corrected chi connectivity index (χ4v) is 2.82. The number of amides is 1. The maximum atomic E-state index is 12.5. The van der Waals surface area contributed by atoms with Gasteiger partial charge in [0, 0.05) is 30.6 Å². The SMILES string of the molecule is C[C@H]1C[C@@H](C(=O)N(C)Cc2ccccc2[N+](=O)[O-])CCN1.Cl. The highest BCUT2D eigenvalue weighted by Crippen LogP contribution is 2.22. The second-order valence-electron chi connectivity index (χ2n) is 5.66. The van der Waals surface area contributed by atoms with Crippen LogP contribution in [0.4, 0.5) is 5.69 Å². The Balaban J connectivity index is 0.00000242. The van der Waals surface area contributed by atoms with Crippen LogP contribution >= 0.6 is 12.4 Å². The van der Waals surface area contributed by atoms with Crippen LogP contribution in [0.25, 0.3) is 0 Å². The van der Waals surface area contributed by atoms with Crippen LogP contribution in [0.1, 0.15) is 25.3 Å². The van der Waals surface area contributed by atoms with E-state index >= 15 is 0 Å². The van der Waals surface area contributed by atoms with E-state index in [1.165, 1.54) is 6.07 Å². The van der Waals surface area contributed by atoms with Gasteiger partial charge >= 0.3 is 0 Å². The van der Waals surface area contributed by atoms with Gasteiger partial charge in [0.25, 0.3) is 5.69 Å². The summed E-state index contributed by atoms with van der Waals surface area (Å²) in [7, 11) is 1.71. The Labute approximate surface area is 136 Å². The van der Waals surface area contributed by atoms with Gasteiger partial charge < -0.3 is 10.2 Å². The number of carbonyl (C=O) groups is 1. The number of nitro benzene ring substituents is 1. The fourth-order valence-electron chi connectivity index (χ4n) is 2.82. The molecule has 7 heteroatoms. The van der Waals surface area contributed by atoms with Gasteiger partial charge in [-0.05, 0) is 26.3 Å². The van der Waals surface area contributed by atoms with Crippen molar-refractivity contribution in [1.82, 2.24) is 10.2 Å². The van der Waals surface area contributed by atoms with Crippen molar-refractivity contribution < 1.29 is 9.72 Å². The zero-order chi connectivity index (χ0) is 15.4. The summed E-state index contributed by atoms with van der Waals surface area (Å²) < 4.78 is 0. The molecule has 1 aromatic carbocycles. The van der Waals surface area contributed by atoms with Crippen LogP contribution < -0.4 is 5.32 Å². The number of hydrogen-bond acceptors (Lipinski definition) is 4. The second kappa shape index (κ2) is 8.10. The molecule has 122 valence electrons. The lowest BCUT2D eigenvalue weighted by atomic mass is 9.92. The molecule has 1 aliphatic heterocycles. The first-order valence-electron chi connectivity index (χ1n) is 7.19. The number of nitro groups is 1. The summed E-state index contributed by atoms with van der Waals surface area (Å²) >= 11 is 0. The standard InChI is InChI=1S/C15H21N3O3.ClH/c1-11-9-12(7-8-16-11)15(19)17(2)10-13-5-3-4-6-14(13)18(20)21;/h3-6,11-12,16H,7-10H2,1-2H3;1H/t11-,12-;/m0./s1. The molecule has 0 saturated carbocycles. The summed E-state index contributed by atoms with van der Waals surface area (Å²) in [5, 5.41) is 14.3. The van der Waals surface area contributed by atoms with Crippen LogP contribution in [0.5, 0.6) is 0 Å². The minimum absolute atomic E-state index is 0. The number of nitrogens with one attached hydrogen (secondary N) is 1. The van der Waals surface area contributed by atoms with Crippen molar-refractivity contribution >= 4 is 24.0 Å². The summed E-state index contributed by atoms with van der Waals surface area (Å²) in [4.78, 5) is 24.7. The Hall–Kier alpha value is -1.66. The highest BCUT2D eigenvalue weighted by Gasteiger charge is 2.27. The average molecular weight is 328 g/mol. The Morgan fingerprint density at radius 2 is 2.14 bits per heavy atom. The molecular weight excluding hydrogens is 306 g/mol. The lowest BCUT2D eigenvalue weighted by Crippen LogP contribution is -2.42. The molecule has 0 radical (unpaired) electrons. The number of para-hydroxylation sites is 1. The van der Waals surface area contributed by atoms with E-state index < -0.39 is 4.92 Å². The van der Waals surface area contributed by atoms with E-state index in [1.54, 1.807) is 30.1 Å². The van der Waals surface area contributed by atoms with Crippen molar-refractivity contribution in [3.63, 3.8) is 0 Å². The predicted octanol–water partition coefficient (Wildman–Crippen LogP) is 2.36. The third-order valence-corrected chi connectivity index (χ3v) is 3.94. The van der Waals surface area contributed by atoms with Gasteiger partial charge in [0.1, 0.15) is 0 Å². The number of halogens is 1. The van der Waals surface area contributed by atoms with Gasteiger partial charge in [0.15, 0.2) is 0 Å². The number of benzene rings is 1. The van der Waals surface area contributed by atoms with E-state index in [9.17, 15) is 14.9 Å². The normalized spacial score (nSPS) is 20.8. The average Bonchev–Trinajstić information content (AvgIpc) is 2.46. The van der Waals surface area contributed by atoms with Crippen molar-refractivity contribution in [1.29, 1.82) is 0 Å². The van der Waals surface area contributed by atoms with Crippen molar-refractivity contribution in [3.8, 4) is 0 Å². The van der Waals surface area contributed by atoms with Crippen LogP contribution in [-0.4, -0.2) is 35.4 Å². The lowest BCUT2D eigenvalue weighted by molar-refractivity contribution is -0.385. The van der Waals surface area contributed by atoms with Gasteiger partial charge in [-0.15, -0.1) is 12.4 Å². The molecule has 0 aliphatic carbocycles. The minimum atomic E-state index is -0.403. The topological polar surface area (TPSA) is 75.5 Å². The number of rotatable bonds is 4. The molecular formula is C15H22ClN3O3. The van der Waals surface area contributed by atoms with Crippen molar-refractivity contribution in [2.75, 3.05) is 13.6 Å². The van der Waals surface area contributed by atoms with Crippen LogP contribution in [0.2, 0.25) is 0 Å². The Morgan fingerprint density at radius 3 is 2.77 bits per heavy atom. The molecule has 1 N–H and O–H groups in total. The van der Waals surface area contributed by atoms with Crippen LogP contribution in [0, 0.1) is 16.0 Å². The van der Waals surface area contributed by atoms with E-state index in [-0.39, 0.29) is 36.5 Å². The smallest absolute Gasteiger partial charge is 0.274 e. The second-order valence-corrected chi connectivity index (χ2v) is 5.66. The minimum Gasteiger partial charge on any atom is -0.341 e. The maximum Gasteiger partial charge on any atom is 0.274 e. The summed E-state index contributed by atoms with van der Waals surface area (Å²) in [6, 6.07) is 6.91. The van der Waals surface area contributed by atoms with Gasteiger partial charge in [-0.25, -0.2) is 0 Å². The van der Waals surface area contributed by atoms with Gasteiger partial charge in [0.2, 0.25) is 5.91 Å². The third kappa shape index (κ3) is 4.42. The molecule has 0 spiro atoms. The molecule has 2 atom stereocenters. The lowest BCUT2D eigenvalue weighted by Gasteiger charge is -2.30. The highest BCUT2D eigenvalue weighted by molar-refractivity contribution is 5.85. The van der Waals surface area contributed by atoms with Crippen molar-refractivity contribution in [2.24, 2.45) is 5.92 Å². The Morgan fingerprint density at radius 1 is 1.45 bits per heavy atom. The summed E-state index contributed by atoms with van der Waals surface area (Å²) in [6.07, 6.45) is 1.64. The van der Waals surface area contributed by atoms with Gasteiger partial charge in [-0.2, -0.15) is 0 Å². The maximum absolute atomic E-state index is 12.5. The summed E-state index contributed by atoms with van der Waals surface area (Å²) in [5.74, 6) is 0.0792. The van der Waals surface area contributed by atoms with E-state index in [0.717, 1.165) is 19.4 Å². The Kier molecular flexibility index (Phi) is 6.77. The molecule has 1 fully saturated rings. The third-order valence-electron chi connectivity index (χ3n) is 3.94. The molecule has 6 nitrogen and oxygen atoms in total. The summed E-state index contributed by atoms with van der Waals surface area (Å²) in [5.41, 5.74) is 0.635. The first kappa shape index (κ1) is 18.4. The molecule has 22 heavy (non-hydrogen) atoms. The zero-order valence-electron chi connectivity index (χ0n) is 12.8. The van der Waals surface area contributed by atoms with Crippen molar-refractivity contribution in [3.05, 3.63) is 39.9 Å². The molecule has 0 aromatic heterocycles. The molecule has 0 bridgehead atoms. The summed E-state index contributed by atoms with van der Waals surface area (Å²) in [6.45, 7) is 3.19. The molecule has 0 unspecified atom stereocenters. The molecule has 1 aliphatic rings. The number of piperidine rings is 1. The molecule has 1 saturated heterocycles. The van der Waals surface area contributed by atoms with E-state index in [0.29, 0.717) is 11.6 Å². The van der Waals surface area contributed by atoms with E-state index in [4.69, 9.17) is 0 Å². The number of hydrogen-bond donors (Lipinski definition) is 1. The van der Waals surface area contributed by atoms with Gasteiger partial charge in [0.05, 0.1) is 11.5 Å². The largest absolute Gasteiger partial charge is 0.341 e. The zero-order valence-corrected chi connectivity index (χ0v) is 13.6. The molecule has 1 amide bonds. The van der Waals surface area contributed by atoms with Crippen LogP contribution in [0.3, 0.4) is 0 Å². The van der Waals surface area contributed by atoms with Gasteiger partial charge in [-0.3, -0.25) is 14.9 Å². The van der Waals surface area contributed by atoms with E-state index in [2.05, 4.69) is 12.2 Å². The van der Waals surface area contributed by atoms with Gasteiger partial charge in [-0.1, -0.05) is 18.2 Å². The molecule has 2 rings (SSSR count). The molecule has 1 heterocycles. The molecule has 1 aromatic rings. The fraction of sp³-hybridized carbons (Fsp3) is 0.533. The van der Waals surface area contributed by atoms with E-state index in [1.807, 2.05) is 0 Å². The number of carbonyl (C=O) groups excluding carboxylic acids is 1. The predicted molar refractivity (Wildman–Crippen MR) is 87.0 cm³/mol. The Bertz CT molecular complexity index is 539. The first-order valence-corrected chi connectivity index (χ1v) is 7.19. The first-order chi connectivity index (χ1) is 9.99.